The summed E-state index contributed by atoms with van der Waals surface area (Å²) in [6.45, 7) is 1.22. The molecule has 2 aromatic rings. The highest BCUT2D eigenvalue weighted by Crippen LogP contribution is 2.23. The minimum Gasteiger partial charge on any atom is -0.337 e. The number of likely N-dealkylation sites (tertiary alicyclic amines) is 1. The Labute approximate surface area is 134 Å². The maximum absolute atomic E-state index is 13.8. The van der Waals surface area contributed by atoms with Crippen LogP contribution in [0, 0.1) is 5.82 Å². The number of aromatic nitrogens is 1. The normalized spacial score (nSPS) is 17.8. The summed E-state index contributed by atoms with van der Waals surface area (Å²) in [5.74, 6) is -0.176. The highest BCUT2D eigenvalue weighted by Gasteiger charge is 2.24. The second-order valence-corrected chi connectivity index (χ2v) is 5.66. The van der Waals surface area contributed by atoms with Gasteiger partial charge in [0, 0.05) is 25.3 Å². The van der Waals surface area contributed by atoms with Crippen LogP contribution >= 0.6 is 0 Å². The molecule has 2 heterocycles. The van der Waals surface area contributed by atoms with E-state index in [9.17, 15) is 9.18 Å². The molecule has 1 amide bonds. The van der Waals surface area contributed by atoms with Crippen molar-refractivity contribution in [3.63, 3.8) is 0 Å². The second kappa shape index (κ2) is 6.75. The van der Waals surface area contributed by atoms with Gasteiger partial charge in [0.1, 0.15) is 11.6 Å². The van der Waals surface area contributed by atoms with E-state index in [-0.39, 0.29) is 17.6 Å². The molecule has 0 bridgehead atoms. The Morgan fingerprint density at radius 2 is 2.13 bits per heavy atom. The molecule has 1 unspecified atom stereocenters. The van der Waals surface area contributed by atoms with Crippen LogP contribution in [0.3, 0.4) is 0 Å². The average Bonchev–Trinajstić information content (AvgIpc) is 2.57. The van der Waals surface area contributed by atoms with E-state index in [1.807, 2.05) is 0 Å². The molecule has 0 aliphatic carbocycles. The van der Waals surface area contributed by atoms with E-state index in [1.165, 1.54) is 6.07 Å². The summed E-state index contributed by atoms with van der Waals surface area (Å²) in [5, 5.41) is 2.91. The Balaban J connectivity index is 1.86. The summed E-state index contributed by atoms with van der Waals surface area (Å²) in [6.07, 6.45) is 3.39. The molecule has 1 aliphatic heterocycles. The molecular formula is C17H19FN4O. The number of hydrogen-bond acceptors (Lipinski definition) is 4. The van der Waals surface area contributed by atoms with E-state index in [2.05, 4.69) is 10.3 Å². The number of para-hydroxylation sites is 1. The largest absolute Gasteiger partial charge is 0.337 e. The molecule has 3 N–H and O–H groups in total. The number of hydrogen-bond donors (Lipinski definition) is 2. The van der Waals surface area contributed by atoms with Crippen molar-refractivity contribution in [1.82, 2.24) is 9.88 Å². The Morgan fingerprint density at radius 1 is 1.30 bits per heavy atom. The van der Waals surface area contributed by atoms with E-state index in [0.717, 1.165) is 12.8 Å². The molecule has 0 saturated carbocycles. The zero-order valence-corrected chi connectivity index (χ0v) is 12.7. The topological polar surface area (TPSA) is 71.2 Å². The lowest BCUT2D eigenvalue weighted by Gasteiger charge is -2.31. The standard InChI is InChI=1S/C17H19FN4O/c18-14-7-1-2-8-15(14)21-16-13(6-3-9-20-16)17(23)22-10-4-5-12(19)11-22/h1-3,6-9,12H,4-5,10-11,19H2,(H,20,21). The van der Waals surface area contributed by atoms with Gasteiger partial charge in [0.2, 0.25) is 0 Å². The molecule has 1 aromatic heterocycles. The number of carbonyl (C=O) groups excluding carboxylic acids is 1. The SMILES string of the molecule is NC1CCCN(C(=O)c2cccnc2Nc2ccccc2F)C1. The minimum absolute atomic E-state index is 0.00680. The number of nitrogens with two attached hydrogens (primary N) is 1. The number of piperidine rings is 1. The highest BCUT2D eigenvalue weighted by molar-refractivity contribution is 5.99. The van der Waals surface area contributed by atoms with Gasteiger partial charge in [-0.3, -0.25) is 4.79 Å². The molecule has 5 nitrogen and oxygen atoms in total. The Kier molecular flexibility index (Phi) is 4.52. The fraction of sp³-hybridized carbons (Fsp3) is 0.294. The molecule has 23 heavy (non-hydrogen) atoms. The van der Waals surface area contributed by atoms with Crippen molar-refractivity contribution in [2.75, 3.05) is 18.4 Å². The quantitative estimate of drug-likeness (QED) is 0.913. The molecule has 0 radical (unpaired) electrons. The number of pyridine rings is 1. The molecule has 0 spiro atoms. The molecule has 1 aromatic carbocycles. The molecule has 3 rings (SSSR count). The van der Waals surface area contributed by atoms with Crippen LogP contribution in [-0.4, -0.2) is 34.9 Å². The summed E-state index contributed by atoms with van der Waals surface area (Å²) in [5.41, 5.74) is 6.66. The van der Waals surface area contributed by atoms with Crippen molar-refractivity contribution in [1.29, 1.82) is 0 Å². The van der Waals surface area contributed by atoms with Gasteiger partial charge in [-0.2, -0.15) is 0 Å². The van der Waals surface area contributed by atoms with E-state index < -0.39 is 5.82 Å². The first-order valence-electron chi connectivity index (χ1n) is 7.66. The van der Waals surface area contributed by atoms with Crippen molar-refractivity contribution < 1.29 is 9.18 Å². The number of anilines is 2. The number of rotatable bonds is 3. The lowest BCUT2D eigenvalue weighted by molar-refractivity contribution is 0.0709. The van der Waals surface area contributed by atoms with Crippen molar-refractivity contribution >= 4 is 17.4 Å². The van der Waals surface area contributed by atoms with Crippen LogP contribution < -0.4 is 11.1 Å². The number of carbonyl (C=O) groups is 1. The summed E-state index contributed by atoms with van der Waals surface area (Å²) < 4.78 is 13.8. The third-order valence-electron chi connectivity index (χ3n) is 3.91. The van der Waals surface area contributed by atoms with Crippen LogP contribution in [0.2, 0.25) is 0 Å². The first-order valence-corrected chi connectivity index (χ1v) is 7.66. The average molecular weight is 314 g/mol. The van der Waals surface area contributed by atoms with Crippen molar-refractivity contribution in [2.24, 2.45) is 5.73 Å². The van der Waals surface area contributed by atoms with Crippen LogP contribution in [-0.2, 0) is 0 Å². The summed E-state index contributed by atoms with van der Waals surface area (Å²) in [4.78, 5) is 18.7. The summed E-state index contributed by atoms with van der Waals surface area (Å²) >= 11 is 0. The van der Waals surface area contributed by atoms with Crippen LogP contribution in [0.1, 0.15) is 23.2 Å². The first-order chi connectivity index (χ1) is 11.1. The molecule has 6 heteroatoms. The van der Waals surface area contributed by atoms with Gasteiger partial charge in [-0.15, -0.1) is 0 Å². The highest BCUT2D eigenvalue weighted by atomic mass is 19.1. The number of nitrogens with zero attached hydrogens (tertiary/aromatic N) is 2. The van der Waals surface area contributed by atoms with Crippen LogP contribution in [0.4, 0.5) is 15.9 Å². The second-order valence-electron chi connectivity index (χ2n) is 5.66. The van der Waals surface area contributed by atoms with Crippen molar-refractivity contribution in [2.45, 2.75) is 18.9 Å². The van der Waals surface area contributed by atoms with E-state index >= 15 is 0 Å². The number of amides is 1. The smallest absolute Gasteiger partial charge is 0.257 e. The van der Waals surface area contributed by atoms with Crippen LogP contribution in [0.15, 0.2) is 42.6 Å². The predicted octanol–water partition coefficient (Wildman–Crippen LogP) is 2.53. The van der Waals surface area contributed by atoms with Gasteiger partial charge in [0.15, 0.2) is 0 Å². The molecule has 120 valence electrons. The van der Waals surface area contributed by atoms with Gasteiger partial charge < -0.3 is 16.0 Å². The third-order valence-corrected chi connectivity index (χ3v) is 3.91. The van der Waals surface area contributed by atoms with Gasteiger partial charge >= 0.3 is 0 Å². The Bertz CT molecular complexity index is 706. The lowest BCUT2D eigenvalue weighted by atomic mass is 10.1. The van der Waals surface area contributed by atoms with Crippen LogP contribution in [0.5, 0.6) is 0 Å². The molecule has 1 atom stereocenters. The van der Waals surface area contributed by atoms with Gasteiger partial charge in [-0.25, -0.2) is 9.37 Å². The molecule has 1 aliphatic rings. The molecule has 1 fully saturated rings. The van der Waals surface area contributed by atoms with Crippen molar-refractivity contribution in [3.8, 4) is 0 Å². The molecule has 1 saturated heterocycles. The van der Waals surface area contributed by atoms with E-state index in [0.29, 0.717) is 24.5 Å². The van der Waals surface area contributed by atoms with Gasteiger partial charge in [0.05, 0.1) is 11.3 Å². The predicted molar refractivity (Wildman–Crippen MR) is 87.0 cm³/mol. The Hall–Kier alpha value is -2.47. The number of halogens is 1. The fourth-order valence-corrected chi connectivity index (χ4v) is 2.73. The third kappa shape index (κ3) is 3.48. The number of benzene rings is 1. The Morgan fingerprint density at radius 3 is 2.91 bits per heavy atom. The van der Waals surface area contributed by atoms with Gasteiger partial charge in [0.25, 0.3) is 5.91 Å². The van der Waals surface area contributed by atoms with E-state index in [1.54, 1.807) is 41.4 Å². The zero-order chi connectivity index (χ0) is 16.2. The summed E-state index contributed by atoms with van der Waals surface area (Å²) in [6, 6.07) is 9.69. The van der Waals surface area contributed by atoms with Gasteiger partial charge in [-0.1, -0.05) is 12.1 Å². The summed E-state index contributed by atoms with van der Waals surface area (Å²) in [7, 11) is 0. The van der Waals surface area contributed by atoms with E-state index in [4.69, 9.17) is 5.73 Å². The minimum atomic E-state index is -0.392. The first kappa shape index (κ1) is 15.4. The lowest BCUT2D eigenvalue weighted by Crippen LogP contribution is -2.45. The molecular weight excluding hydrogens is 295 g/mol. The maximum atomic E-state index is 13.8. The maximum Gasteiger partial charge on any atom is 0.257 e. The number of nitrogens with one attached hydrogen (secondary N) is 1. The van der Waals surface area contributed by atoms with Crippen molar-refractivity contribution in [3.05, 3.63) is 54.0 Å². The van der Waals surface area contributed by atoms with Crippen LogP contribution in [0.25, 0.3) is 0 Å². The zero-order valence-electron chi connectivity index (χ0n) is 12.7. The van der Waals surface area contributed by atoms with Gasteiger partial charge in [-0.05, 0) is 37.1 Å². The fourth-order valence-electron chi connectivity index (χ4n) is 2.73. The monoisotopic (exact) mass is 314 g/mol.